The summed E-state index contributed by atoms with van der Waals surface area (Å²) in [5, 5.41) is 8.62. The molecule has 0 atom stereocenters. The maximum Gasteiger partial charge on any atom is 0.253 e. The van der Waals surface area contributed by atoms with Crippen molar-refractivity contribution >= 4 is 29.1 Å². The molecule has 0 radical (unpaired) electrons. The summed E-state index contributed by atoms with van der Waals surface area (Å²) >= 11 is 0. The van der Waals surface area contributed by atoms with Crippen LogP contribution in [0.15, 0.2) is 102 Å². The predicted octanol–water partition coefficient (Wildman–Crippen LogP) is 4.53. The first kappa shape index (κ1) is 25.2. The zero-order valence-corrected chi connectivity index (χ0v) is 20.4. The SMILES string of the molecule is CN(Cc1ccccc1)C(=O)c1cccc(NCC(=O)Nc2ccc(C(=O)NCc3ccco3)cc2)c1. The lowest BCUT2D eigenvalue weighted by Gasteiger charge is -2.18. The molecule has 1 aromatic heterocycles. The second kappa shape index (κ2) is 12.2. The average molecular weight is 497 g/mol. The van der Waals surface area contributed by atoms with E-state index in [0.717, 1.165) is 5.56 Å². The van der Waals surface area contributed by atoms with Crippen molar-refractivity contribution in [3.05, 3.63) is 120 Å². The molecular weight excluding hydrogens is 468 g/mol. The van der Waals surface area contributed by atoms with E-state index in [1.165, 1.54) is 0 Å². The lowest BCUT2D eigenvalue weighted by atomic mass is 10.1. The Morgan fingerprint density at radius 2 is 1.59 bits per heavy atom. The fraction of sp³-hybridized carbons (Fsp3) is 0.138. The molecule has 4 aromatic rings. The maximum absolute atomic E-state index is 12.8. The van der Waals surface area contributed by atoms with Crippen LogP contribution in [0.3, 0.4) is 0 Å². The number of rotatable bonds is 10. The molecule has 3 amide bonds. The Hall–Kier alpha value is -4.85. The van der Waals surface area contributed by atoms with Crippen molar-refractivity contribution in [2.75, 3.05) is 24.2 Å². The second-order valence-corrected chi connectivity index (χ2v) is 8.47. The minimum absolute atomic E-state index is 0.0167. The van der Waals surface area contributed by atoms with E-state index in [1.54, 1.807) is 78.9 Å². The van der Waals surface area contributed by atoms with Crippen LogP contribution in [-0.4, -0.2) is 36.2 Å². The molecule has 8 heteroatoms. The van der Waals surface area contributed by atoms with Crippen LogP contribution in [0.5, 0.6) is 0 Å². The van der Waals surface area contributed by atoms with E-state index in [4.69, 9.17) is 4.42 Å². The number of carbonyl (C=O) groups excluding carboxylic acids is 3. The highest BCUT2D eigenvalue weighted by Crippen LogP contribution is 2.15. The normalized spacial score (nSPS) is 10.4. The fourth-order valence-corrected chi connectivity index (χ4v) is 3.69. The third-order valence-electron chi connectivity index (χ3n) is 5.61. The molecular formula is C29H28N4O4. The van der Waals surface area contributed by atoms with Gasteiger partial charge in [-0.05, 0) is 60.2 Å². The Bertz CT molecular complexity index is 1340. The van der Waals surface area contributed by atoms with E-state index < -0.39 is 0 Å². The molecule has 0 aliphatic heterocycles. The summed E-state index contributed by atoms with van der Waals surface area (Å²) in [6, 6.07) is 27.0. The minimum Gasteiger partial charge on any atom is -0.467 e. The number of amides is 3. The van der Waals surface area contributed by atoms with Crippen LogP contribution >= 0.6 is 0 Å². The molecule has 0 unspecified atom stereocenters. The van der Waals surface area contributed by atoms with Crippen molar-refractivity contribution in [2.45, 2.75) is 13.1 Å². The molecule has 37 heavy (non-hydrogen) atoms. The van der Waals surface area contributed by atoms with Crippen LogP contribution in [-0.2, 0) is 17.9 Å². The summed E-state index contributed by atoms with van der Waals surface area (Å²) < 4.78 is 5.20. The molecule has 0 aliphatic carbocycles. The highest BCUT2D eigenvalue weighted by molar-refractivity contribution is 5.97. The van der Waals surface area contributed by atoms with Gasteiger partial charge in [0.05, 0.1) is 19.4 Å². The topological polar surface area (TPSA) is 104 Å². The van der Waals surface area contributed by atoms with Crippen LogP contribution in [0.4, 0.5) is 11.4 Å². The highest BCUT2D eigenvalue weighted by atomic mass is 16.3. The minimum atomic E-state index is -0.257. The van der Waals surface area contributed by atoms with Gasteiger partial charge < -0.3 is 25.3 Å². The first-order valence-electron chi connectivity index (χ1n) is 11.8. The summed E-state index contributed by atoms with van der Waals surface area (Å²) in [6.07, 6.45) is 1.55. The fourth-order valence-electron chi connectivity index (χ4n) is 3.69. The van der Waals surface area contributed by atoms with Gasteiger partial charge in [0.1, 0.15) is 5.76 Å². The Labute approximate surface area is 215 Å². The van der Waals surface area contributed by atoms with Crippen LogP contribution < -0.4 is 16.0 Å². The zero-order chi connectivity index (χ0) is 26.0. The number of hydrogen-bond donors (Lipinski definition) is 3. The molecule has 0 saturated heterocycles. The molecule has 8 nitrogen and oxygen atoms in total. The van der Waals surface area contributed by atoms with Crippen molar-refractivity contribution in [3.63, 3.8) is 0 Å². The number of nitrogens with zero attached hydrogens (tertiary/aromatic N) is 1. The average Bonchev–Trinajstić information content (AvgIpc) is 3.45. The number of carbonyl (C=O) groups is 3. The monoisotopic (exact) mass is 496 g/mol. The zero-order valence-electron chi connectivity index (χ0n) is 20.4. The lowest BCUT2D eigenvalue weighted by molar-refractivity contribution is -0.114. The number of anilines is 2. The van der Waals surface area contributed by atoms with Crippen LogP contribution in [0.2, 0.25) is 0 Å². The van der Waals surface area contributed by atoms with E-state index in [0.29, 0.717) is 41.4 Å². The van der Waals surface area contributed by atoms with Gasteiger partial charge in [0.2, 0.25) is 5.91 Å². The molecule has 0 aliphatic rings. The Morgan fingerprint density at radius 1 is 0.811 bits per heavy atom. The Balaban J connectivity index is 1.25. The molecule has 1 heterocycles. The quantitative estimate of drug-likeness (QED) is 0.299. The summed E-state index contributed by atoms with van der Waals surface area (Å²) in [6.45, 7) is 0.819. The number of nitrogens with one attached hydrogen (secondary N) is 3. The van der Waals surface area contributed by atoms with Gasteiger partial charge in [-0.3, -0.25) is 14.4 Å². The van der Waals surface area contributed by atoms with Gasteiger partial charge in [-0.25, -0.2) is 0 Å². The molecule has 0 saturated carbocycles. The molecule has 188 valence electrons. The summed E-state index contributed by atoms with van der Waals surface area (Å²) in [4.78, 5) is 39.2. The van der Waals surface area contributed by atoms with E-state index in [2.05, 4.69) is 16.0 Å². The third kappa shape index (κ3) is 7.32. The standard InChI is InChI=1S/C29H28N4O4/c1-33(20-21-7-3-2-4-8-21)29(36)23-9-5-10-25(17-23)30-19-27(34)32-24-14-12-22(13-15-24)28(35)31-18-26-11-6-16-37-26/h2-17,30H,18-20H2,1H3,(H,31,35)(H,32,34). The molecule has 0 spiro atoms. The van der Waals surface area contributed by atoms with Crippen molar-refractivity contribution in [1.29, 1.82) is 0 Å². The van der Waals surface area contributed by atoms with Gasteiger partial charge in [-0.15, -0.1) is 0 Å². The molecule has 0 fully saturated rings. The lowest BCUT2D eigenvalue weighted by Crippen LogP contribution is -2.26. The van der Waals surface area contributed by atoms with Gasteiger partial charge >= 0.3 is 0 Å². The smallest absolute Gasteiger partial charge is 0.253 e. The number of hydrogen-bond acceptors (Lipinski definition) is 5. The van der Waals surface area contributed by atoms with Gasteiger partial charge in [0.25, 0.3) is 11.8 Å². The highest BCUT2D eigenvalue weighted by Gasteiger charge is 2.13. The predicted molar refractivity (Wildman–Crippen MR) is 142 cm³/mol. The van der Waals surface area contributed by atoms with Crippen molar-refractivity contribution in [2.24, 2.45) is 0 Å². The maximum atomic E-state index is 12.8. The van der Waals surface area contributed by atoms with E-state index in [-0.39, 0.29) is 24.3 Å². The van der Waals surface area contributed by atoms with E-state index in [1.807, 2.05) is 30.3 Å². The van der Waals surface area contributed by atoms with Crippen LogP contribution in [0.1, 0.15) is 32.0 Å². The third-order valence-corrected chi connectivity index (χ3v) is 5.61. The molecule has 3 N–H and O–H groups in total. The molecule has 0 bridgehead atoms. The molecule has 4 rings (SSSR count). The van der Waals surface area contributed by atoms with Gasteiger partial charge in [-0.1, -0.05) is 36.4 Å². The summed E-state index contributed by atoms with van der Waals surface area (Å²) in [5.41, 5.74) is 3.29. The number of furan rings is 1. The Morgan fingerprint density at radius 3 is 2.32 bits per heavy atom. The van der Waals surface area contributed by atoms with Gasteiger partial charge in [0.15, 0.2) is 0 Å². The van der Waals surface area contributed by atoms with Crippen LogP contribution in [0, 0.1) is 0 Å². The summed E-state index contributed by atoms with van der Waals surface area (Å²) in [7, 11) is 1.76. The van der Waals surface area contributed by atoms with E-state index >= 15 is 0 Å². The van der Waals surface area contributed by atoms with Gasteiger partial charge in [0, 0.05) is 36.1 Å². The Kier molecular flexibility index (Phi) is 8.33. The summed E-state index contributed by atoms with van der Waals surface area (Å²) in [5.74, 6) is 0.0665. The van der Waals surface area contributed by atoms with Crippen LogP contribution in [0.25, 0.3) is 0 Å². The first-order valence-corrected chi connectivity index (χ1v) is 11.8. The van der Waals surface area contributed by atoms with Crippen molar-refractivity contribution in [1.82, 2.24) is 10.2 Å². The van der Waals surface area contributed by atoms with Gasteiger partial charge in [-0.2, -0.15) is 0 Å². The second-order valence-electron chi connectivity index (χ2n) is 8.47. The first-order chi connectivity index (χ1) is 18.0. The van der Waals surface area contributed by atoms with Crippen molar-refractivity contribution < 1.29 is 18.8 Å². The molecule has 3 aromatic carbocycles. The number of benzene rings is 3. The van der Waals surface area contributed by atoms with Crippen molar-refractivity contribution in [3.8, 4) is 0 Å². The largest absolute Gasteiger partial charge is 0.467 e. The van der Waals surface area contributed by atoms with E-state index in [9.17, 15) is 14.4 Å².